The molecule has 7 rings (SSSR count). The quantitative estimate of drug-likeness (QED) is 0.268. The molecular weight excluding hydrogens is 594 g/mol. The lowest BCUT2D eigenvalue weighted by Gasteiger charge is -2.26. The normalized spacial score (nSPS) is 14.2. The molecule has 0 aliphatic carbocycles. The van der Waals surface area contributed by atoms with E-state index in [0.29, 0.717) is 44.9 Å². The fraction of sp³-hybridized carbons (Fsp3) is 0.257. The number of benzene rings is 2. The van der Waals surface area contributed by atoms with E-state index in [-0.39, 0.29) is 11.5 Å². The average molecular weight is 628 g/mol. The van der Waals surface area contributed by atoms with Crippen molar-refractivity contribution < 1.29 is 9.53 Å². The van der Waals surface area contributed by atoms with Gasteiger partial charge in [0.2, 0.25) is 0 Å². The number of rotatable bonds is 7. The molecule has 5 heterocycles. The van der Waals surface area contributed by atoms with Crippen molar-refractivity contribution in [3.63, 3.8) is 0 Å². The summed E-state index contributed by atoms with van der Waals surface area (Å²) >= 11 is 0. The molecular formula is C35H33N9O3. The predicted octanol–water partition coefficient (Wildman–Crippen LogP) is 3.16. The Morgan fingerprint density at radius 3 is 2.70 bits per heavy atom. The van der Waals surface area contributed by atoms with Crippen LogP contribution >= 0.6 is 0 Å². The minimum Gasteiger partial charge on any atom is -0.379 e. The van der Waals surface area contributed by atoms with E-state index in [0.717, 1.165) is 45.0 Å². The second-order valence-electron chi connectivity index (χ2n) is 11.4. The summed E-state index contributed by atoms with van der Waals surface area (Å²) in [7, 11) is 0. The van der Waals surface area contributed by atoms with Gasteiger partial charge in [-0.15, -0.1) is 0 Å². The third-order valence-corrected chi connectivity index (χ3v) is 8.19. The lowest BCUT2D eigenvalue weighted by Crippen LogP contribution is -2.38. The molecule has 0 radical (unpaired) electrons. The van der Waals surface area contributed by atoms with Crippen molar-refractivity contribution in [2.75, 3.05) is 32.8 Å². The smallest absolute Gasteiger partial charge is 0.267 e. The van der Waals surface area contributed by atoms with Gasteiger partial charge in [-0.2, -0.15) is 10.2 Å². The number of hydrogen-bond acceptors (Lipinski definition) is 8. The summed E-state index contributed by atoms with van der Waals surface area (Å²) in [5.74, 6) is 6.41. The van der Waals surface area contributed by atoms with Gasteiger partial charge < -0.3 is 10.1 Å². The molecule has 0 unspecified atom stereocenters. The van der Waals surface area contributed by atoms with E-state index in [4.69, 9.17) is 9.72 Å². The highest BCUT2D eigenvalue weighted by molar-refractivity contribution is 6.01. The maximum atomic E-state index is 14.4. The zero-order chi connectivity index (χ0) is 32.3. The SMILES string of the molecule is Cc1nn2cccnc2c1C(=O)N[C@H](C)c1nc2cccc(C#Cc3cnn(CCN4CCOCC4)c3)c2c(=O)n1-c1ccccc1. The Morgan fingerprint density at radius 2 is 1.87 bits per heavy atom. The average Bonchev–Trinajstić information content (AvgIpc) is 3.70. The predicted molar refractivity (Wildman–Crippen MR) is 176 cm³/mol. The molecule has 12 nitrogen and oxygen atoms in total. The number of para-hydroxylation sites is 1. The second-order valence-corrected chi connectivity index (χ2v) is 11.4. The van der Waals surface area contributed by atoms with Gasteiger partial charge in [0.15, 0.2) is 5.65 Å². The van der Waals surface area contributed by atoms with Crippen LogP contribution in [0, 0.1) is 18.8 Å². The minimum atomic E-state index is -0.643. The minimum absolute atomic E-state index is 0.280. The molecule has 1 aliphatic heterocycles. The number of ether oxygens (including phenoxy) is 1. The molecule has 47 heavy (non-hydrogen) atoms. The maximum absolute atomic E-state index is 14.4. The van der Waals surface area contributed by atoms with Crippen molar-refractivity contribution in [2.24, 2.45) is 0 Å². The number of aromatic nitrogens is 7. The van der Waals surface area contributed by atoms with Gasteiger partial charge >= 0.3 is 0 Å². The van der Waals surface area contributed by atoms with Crippen molar-refractivity contribution in [3.05, 3.63) is 118 Å². The van der Waals surface area contributed by atoms with Gasteiger partial charge in [-0.05, 0) is 44.2 Å². The Kier molecular flexibility index (Phi) is 8.31. The molecule has 12 heteroatoms. The molecule has 0 saturated carbocycles. The summed E-state index contributed by atoms with van der Waals surface area (Å²) < 4.78 is 10.4. The Hall–Kier alpha value is -5.64. The third-order valence-electron chi connectivity index (χ3n) is 8.19. The van der Waals surface area contributed by atoms with E-state index in [2.05, 4.69) is 37.2 Å². The number of hydrogen-bond donors (Lipinski definition) is 1. The van der Waals surface area contributed by atoms with Crippen LogP contribution in [0.2, 0.25) is 0 Å². The molecule has 0 bridgehead atoms. The lowest BCUT2D eigenvalue weighted by atomic mass is 10.1. The van der Waals surface area contributed by atoms with Crippen molar-refractivity contribution in [1.82, 2.24) is 44.1 Å². The van der Waals surface area contributed by atoms with Gasteiger partial charge in [0, 0.05) is 43.8 Å². The van der Waals surface area contributed by atoms with Crippen LogP contribution < -0.4 is 10.9 Å². The molecule has 1 saturated heterocycles. The first-order chi connectivity index (χ1) is 23.0. The van der Waals surface area contributed by atoms with Crippen LogP contribution in [-0.4, -0.2) is 77.6 Å². The van der Waals surface area contributed by atoms with Crippen molar-refractivity contribution >= 4 is 22.5 Å². The van der Waals surface area contributed by atoms with Crippen LogP contribution in [-0.2, 0) is 11.3 Å². The number of morpholine rings is 1. The van der Waals surface area contributed by atoms with E-state index in [1.54, 1.807) is 53.7 Å². The Bertz CT molecular complexity index is 2200. The number of fused-ring (bicyclic) bond motifs is 2. The van der Waals surface area contributed by atoms with E-state index >= 15 is 0 Å². The van der Waals surface area contributed by atoms with Crippen LogP contribution in [0.5, 0.6) is 0 Å². The number of carbonyl (C=O) groups is 1. The molecule has 1 amide bonds. The van der Waals surface area contributed by atoms with Crippen molar-refractivity contribution in [1.29, 1.82) is 0 Å². The summed E-state index contributed by atoms with van der Waals surface area (Å²) in [6.45, 7) is 8.59. The first-order valence-electron chi connectivity index (χ1n) is 15.5. The third kappa shape index (κ3) is 6.14. The largest absolute Gasteiger partial charge is 0.379 e. The zero-order valence-corrected chi connectivity index (χ0v) is 26.1. The Balaban J connectivity index is 1.22. The molecule has 2 aromatic carbocycles. The zero-order valence-electron chi connectivity index (χ0n) is 26.1. The summed E-state index contributed by atoms with van der Waals surface area (Å²) in [6.07, 6.45) is 7.02. The van der Waals surface area contributed by atoms with Crippen molar-refractivity contribution in [3.8, 4) is 17.5 Å². The first-order valence-corrected chi connectivity index (χ1v) is 15.5. The molecule has 1 aliphatic rings. The van der Waals surface area contributed by atoms with Gasteiger partial charge in [0.25, 0.3) is 11.5 Å². The summed E-state index contributed by atoms with van der Waals surface area (Å²) in [6, 6.07) is 15.8. The molecule has 4 aromatic heterocycles. The van der Waals surface area contributed by atoms with E-state index in [9.17, 15) is 9.59 Å². The molecule has 1 atom stereocenters. The van der Waals surface area contributed by atoms with Gasteiger partial charge in [0.1, 0.15) is 11.4 Å². The van der Waals surface area contributed by atoms with Crippen LogP contribution in [0.15, 0.2) is 84.2 Å². The first kappa shape index (κ1) is 30.0. The molecule has 1 fully saturated rings. The standard InChI is InChI=1S/C35H33N9O3/c1-24-30(33-36-14-7-15-43(33)40-24)34(45)38-25(2)32-39-29-11-6-8-27(31(29)35(46)44(32)28-9-4-3-5-10-28)13-12-26-22-37-42(23-26)17-16-41-18-20-47-21-19-41/h3-11,14-15,22-23,25H,16-21H2,1-2H3,(H,38,45)/t25-/m1/s1. The van der Waals surface area contributed by atoms with Gasteiger partial charge in [-0.1, -0.05) is 36.1 Å². The van der Waals surface area contributed by atoms with E-state index in [1.807, 2.05) is 53.3 Å². The van der Waals surface area contributed by atoms with Crippen molar-refractivity contribution in [2.45, 2.75) is 26.4 Å². The molecule has 6 aromatic rings. The van der Waals surface area contributed by atoms with Gasteiger partial charge in [-0.3, -0.25) is 23.7 Å². The second kappa shape index (κ2) is 13.0. The number of aryl methyl sites for hydroxylation is 1. The Labute approximate surface area is 270 Å². The fourth-order valence-corrected chi connectivity index (χ4v) is 5.82. The summed E-state index contributed by atoms with van der Waals surface area (Å²) in [4.78, 5) is 39.6. The number of carbonyl (C=O) groups excluding carboxylic acids is 1. The van der Waals surface area contributed by atoms with Crippen LogP contribution in [0.4, 0.5) is 0 Å². The van der Waals surface area contributed by atoms with Gasteiger partial charge in [-0.25, -0.2) is 14.5 Å². The number of amides is 1. The number of nitrogens with one attached hydrogen (secondary N) is 1. The maximum Gasteiger partial charge on any atom is 0.267 e. The van der Waals surface area contributed by atoms with Crippen LogP contribution in [0.1, 0.15) is 46.0 Å². The highest BCUT2D eigenvalue weighted by Crippen LogP contribution is 2.21. The highest BCUT2D eigenvalue weighted by Gasteiger charge is 2.24. The lowest BCUT2D eigenvalue weighted by molar-refractivity contribution is 0.0359. The van der Waals surface area contributed by atoms with E-state index in [1.165, 1.54) is 0 Å². The fourth-order valence-electron chi connectivity index (χ4n) is 5.82. The van der Waals surface area contributed by atoms with E-state index < -0.39 is 6.04 Å². The number of nitrogens with zero attached hydrogens (tertiary/aromatic N) is 8. The summed E-state index contributed by atoms with van der Waals surface area (Å²) in [5, 5.41) is 12.3. The van der Waals surface area contributed by atoms with Gasteiger partial charge in [0.05, 0.1) is 59.8 Å². The topological polar surface area (TPSA) is 124 Å². The monoisotopic (exact) mass is 627 g/mol. The highest BCUT2D eigenvalue weighted by atomic mass is 16.5. The molecule has 0 spiro atoms. The molecule has 1 N–H and O–H groups in total. The molecule has 236 valence electrons. The summed E-state index contributed by atoms with van der Waals surface area (Å²) in [5.41, 5.74) is 3.51. The van der Waals surface area contributed by atoms with Crippen LogP contribution in [0.25, 0.3) is 22.2 Å². The Morgan fingerprint density at radius 1 is 1.04 bits per heavy atom. The van der Waals surface area contributed by atoms with Crippen LogP contribution in [0.3, 0.4) is 0 Å².